The van der Waals surface area contributed by atoms with Gasteiger partial charge in [-0.3, -0.25) is 4.98 Å². The molecule has 5 nitrogen and oxygen atoms in total. The summed E-state index contributed by atoms with van der Waals surface area (Å²) in [4.78, 5) is 4.22. The molecule has 2 heterocycles. The predicted molar refractivity (Wildman–Crippen MR) is 97.0 cm³/mol. The SMILES string of the molecule is COc1cccc(CCC2CCCN(S(=O)(=O)c3cccnc3)C2)c1. The molecule has 1 aromatic heterocycles. The summed E-state index contributed by atoms with van der Waals surface area (Å²) in [5.74, 6) is 1.24. The van der Waals surface area contributed by atoms with Gasteiger partial charge in [-0.05, 0) is 61.4 Å². The number of methoxy groups -OCH3 is 1. The van der Waals surface area contributed by atoms with E-state index in [4.69, 9.17) is 4.74 Å². The topological polar surface area (TPSA) is 59.5 Å². The third-order valence-electron chi connectivity index (χ3n) is 4.73. The Morgan fingerprint density at radius 1 is 1.28 bits per heavy atom. The molecule has 0 N–H and O–H groups in total. The second kappa shape index (κ2) is 7.97. The van der Waals surface area contributed by atoms with Crippen LogP contribution in [0.5, 0.6) is 5.75 Å². The zero-order valence-electron chi connectivity index (χ0n) is 14.5. The zero-order chi connectivity index (χ0) is 17.7. The van der Waals surface area contributed by atoms with Crippen molar-refractivity contribution >= 4 is 10.0 Å². The lowest BCUT2D eigenvalue weighted by Crippen LogP contribution is -2.40. The van der Waals surface area contributed by atoms with Crippen molar-refractivity contribution in [1.82, 2.24) is 9.29 Å². The van der Waals surface area contributed by atoms with Gasteiger partial charge < -0.3 is 4.74 Å². The van der Waals surface area contributed by atoms with Gasteiger partial charge in [0, 0.05) is 25.5 Å². The maximum Gasteiger partial charge on any atom is 0.244 e. The smallest absolute Gasteiger partial charge is 0.244 e. The maximum atomic E-state index is 12.8. The summed E-state index contributed by atoms with van der Waals surface area (Å²) in [5.41, 5.74) is 1.23. The summed E-state index contributed by atoms with van der Waals surface area (Å²) in [5, 5.41) is 0. The molecular weight excluding hydrogens is 336 g/mol. The summed E-state index contributed by atoms with van der Waals surface area (Å²) in [6.07, 6.45) is 6.90. The molecule has 0 spiro atoms. The second-order valence-electron chi connectivity index (χ2n) is 6.45. The monoisotopic (exact) mass is 360 g/mol. The van der Waals surface area contributed by atoms with Crippen LogP contribution in [0.3, 0.4) is 0 Å². The summed E-state index contributed by atoms with van der Waals surface area (Å²) in [7, 11) is -1.77. The highest BCUT2D eigenvalue weighted by Crippen LogP contribution is 2.26. The van der Waals surface area contributed by atoms with Crippen LogP contribution in [0.25, 0.3) is 0 Å². The van der Waals surface area contributed by atoms with E-state index in [1.165, 1.54) is 11.8 Å². The average molecular weight is 360 g/mol. The van der Waals surface area contributed by atoms with E-state index in [-0.39, 0.29) is 4.90 Å². The van der Waals surface area contributed by atoms with Gasteiger partial charge in [-0.15, -0.1) is 0 Å². The highest BCUT2D eigenvalue weighted by atomic mass is 32.2. The van der Waals surface area contributed by atoms with Crippen molar-refractivity contribution in [3.05, 3.63) is 54.4 Å². The molecule has 1 saturated heterocycles. The van der Waals surface area contributed by atoms with Crippen molar-refractivity contribution in [2.75, 3.05) is 20.2 Å². The predicted octanol–water partition coefficient (Wildman–Crippen LogP) is 3.12. The van der Waals surface area contributed by atoms with Crippen LogP contribution in [0.4, 0.5) is 0 Å². The fourth-order valence-corrected chi connectivity index (χ4v) is 4.85. The first-order valence-electron chi connectivity index (χ1n) is 8.62. The molecular formula is C19H24N2O3S. The highest BCUT2D eigenvalue weighted by molar-refractivity contribution is 7.89. The Balaban J connectivity index is 1.63. The molecule has 0 saturated carbocycles. The fraction of sp³-hybridized carbons (Fsp3) is 0.421. The van der Waals surface area contributed by atoms with E-state index in [1.807, 2.05) is 18.2 Å². The van der Waals surface area contributed by atoms with Crippen molar-refractivity contribution in [3.8, 4) is 5.75 Å². The van der Waals surface area contributed by atoms with Gasteiger partial charge >= 0.3 is 0 Å². The molecule has 1 aliphatic heterocycles. The Labute approximate surface area is 149 Å². The van der Waals surface area contributed by atoms with Crippen LogP contribution >= 0.6 is 0 Å². The minimum Gasteiger partial charge on any atom is -0.497 e. The molecule has 0 amide bonds. The van der Waals surface area contributed by atoms with Gasteiger partial charge in [0.1, 0.15) is 10.6 Å². The first-order chi connectivity index (χ1) is 12.1. The van der Waals surface area contributed by atoms with Crippen LogP contribution in [0, 0.1) is 5.92 Å². The maximum absolute atomic E-state index is 12.8. The first kappa shape index (κ1) is 17.9. The van der Waals surface area contributed by atoms with Crippen LogP contribution in [0.1, 0.15) is 24.8 Å². The van der Waals surface area contributed by atoms with Crippen LogP contribution in [0.15, 0.2) is 53.7 Å². The molecule has 0 aliphatic carbocycles. The molecule has 0 radical (unpaired) electrons. The molecule has 134 valence electrons. The van der Waals surface area contributed by atoms with Crippen molar-refractivity contribution in [2.45, 2.75) is 30.6 Å². The van der Waals surface area contributed by atoms with Crippen molar-refractivity contribution in [2.24, 2.45) is 5.92 Å². The first-order valence-corrected chi connectivity index (χ1v) is 10.1. The summed E-state index contributed by atoms with van der Waals surface area (Å²) < 4.78 is 32.4. The molecule has 6 heteroatoms. The number of hydrogen-bond donors (Lipinski definition) is 0. The lowest BCUT2D eigenvalue weighted by atomic mass is 9.93. The van der Waals surface area contributed by atoms with Crippen molar-refractivity contribution in [3.63, 3.8) is 0 Å². The van der Waals surface area contributed by atoms with Crippen LogP contribution in [0.2, 0.25) is 0 Å². The number of aryl methyl sites for hydroxylation is 1. The lowest BCUT2D eigenvalue weighted by Gasteiger charge is -2.32. The number of hydrogen-bond acceptors (Lipinski definition) is 4. The zero-order valence-corrected chi connectivity index (χ0v) is 15.3. The van der Waals surface area contributed by atoms with Gasteiger partial charge in [-0.2, -0.15) is 4.31 Å². The lowest BCUT2D eigenvalue weighted by molar-refractivity contribution is 0.256. The number of nitrogens with zero attached hydrogens (tertiary/aromatic N) is 2. The van der Waals surface area contributed by atoms with Gasteiger partial charge in [-0.25, -0.2) is 8.42 Å². The Bertz CT molecular complexity index is 793. The van der Waals surface area contributed by atoms with E-state index >= 15 is 0 Å². The van der Waals surface area contributed by atoms with E-state index in [9.17, 15) is 8.42 Å². The van der Waals surface area contributed by atoms with E-state index in [0.717, 1.165) is 31.4 Å². The Morgan fingerprint density at radius 2 is 2.16 bits per heavy atom. The minimum absolute atomic E-state index is 0.281. The summed E-state index contributed by atoms with van der Waals surface area (Å²) >= 11 is 0. The quantitative estimate of drug-likeness (QED) is 0.794. The number of piperidine rings is 1. The number of pyridine rings is 1. The van der Waals surface area contributed by atoms with Crippen molar-refractivity contribution < 1.29 is 13.2 Å². The Hall–Kier alpha value is -1.92. The number of sulfonamides is 1. The third-order valence-corrected chi connectivity index (χ3v) is 6.58. The normalized spacial score (nSPS) is 18.8. The van der Waals surface area contributed by atoms with E-state index in [1.54, 1.807) is 29.7 Å². The third kappa shape index (κ3) is 4.38. The molecule has 0 bridgehead atoms. The van der Waals surface area contributed by atoms with Gasteiger partial charge in [0.2, 0.25) is 10.0 Å². The van der Waals surface area contributed by atoms with Crippen LogP contribution < -0.4 is 4.74 Å². The molecule has 25 heavy (non-hydrogen) atoms. The summed E-state index contributed by atoms with van der Waals surface area (Å²) in [6.45, 7) is 1.17. The van der Waals surface area contributed by atoms with Gasteiger partial charge in [0.15, 0.2) is 0 Å². The van der Waals surface area contributed by atoms with Crippen LogP contribution in [-0.4, -0.2) is 37.9 Å². The van der Waals surface area contributed by atoms with Crippen LogP contribution in [-0.2, 0) is 16.4 Å². The number of benzene rings is 1. The molecule has 1 atom stereocenters. The van der Waals surface area contributed by atoms with E-state index in [0.29, 0.717) is 19.0 Å². The Kier molecular flexibility index (Phi) is 5.71. The average Bonchev–Trinajstić information content (AvgIpc) is 2.67. The highest BCUT2D eigenvalue weighted by Gasteiger charge is 2.30. The molecule has 3 rings (SSSR count). The summed E-state index contributed by atoms with van der Waals surface area (Å²) in [6, 6.07) is 11.3. The van der Waals surface area contributed by atoms with Crippen molar-refractivity contribution in [1.29, 1.82) is 0 Å². The molecule has 1 unspecified atom stereocenters. The second-order valence-corrected chi connectivity index (χ2v) is 8.39. The largest absolute Gasteiger partial charge is 0.497 e. The van der Waals surface area contributed by atoms with E-state index in [2.05, 4.69) is 11.1 Å². The standard InChI is InChI=1S/C19H24N2O3S/c1-24-18-7-2-5-16(13-18)9-10-17-6-4-12-21(15-17)25(22,23)19-8-3-11-20-14-19/h2-3,5,7-8,11,13-14,17H,4,6,9-10,12,15H2,1H3. The van der Waals surface area contributed by atoms with Gasteiger partial charge in [-0.1, -0.05) is 12.1 Å². The molecule has 1 fully saturated rings. The Morgan fingerprint density at radius 3 is 2.92 bits per heavy atom. The van der Waals surface area contributed by atoms with Gasteiger partial charge in [0.25, 0.3) is 0 Å². The molecule has 1 aliphatic rings. The number of ether oxygens (including phenoxy) is 1. The van der Waals surface area contributed by atoms with E-state index < -0.39 is 10.0 Å². The number of aromatic nitrogens is 1. The molecule has 1 aromatic carbocycles. The fourth-order valence-electron chi connectivity index (χ4n) is 3.33. The van der Waals surface area contributed by atoms with Gasteiger partial charge in [0.05, 0.1) is 7.11 Å². The minimum atomic E-state index is -3.44. The molecule has 2 aromatic rings. The number of rotatable bonds is 6.